The molecule has 5 heteroatoms. The van der Waals surface area contributed by atoms with Crippen LogP contribution >= 0.6 is 0 Å². The normalized spacial score (nSPS) is 20.4. The molecule has 0 aromatic heterocycles. The van der Waals surface area contributed by atoms with Gasteiger partial charge in [-0.1, -0.05) is 50.1 Å². The molecule has 2 fully saturated rings. The van der Waals surface area contributed by atoms with Crippen LogP contribution in [0.3, 0.4) is 0 Å². The Morgan fingerprint density at radius 2 is 1.72 bits per heavy atom. The monoisotopic (exact) mass is 399 g/mol. The number of nitrogens with one attached hydrogen (secondary N) is 1. The van der Waals surface area contributed by atoms with E-state index in [1.165, 1.54) is 18.4 Å². The fourth-order valence-electron chi connectivity index (χ4n) is 4.69. The van der Waals surface area contributed by atoms with E-state index in [2.05, 4.69) is 36.2 Å². The number of benzene rings is 1. The van der Waals surface area contributed by atoms with E-state index in [0.717, 1.165) is 51.9 Å². The highest BCUT2D eigenvalue weighted by atomic mass is 16.2. The molecule has 1 aromatic rings. The molecule has 2 aliphatic rings. The van der Waals surface area contributed by atoms with E-state index in [9.17, 15) is 9.59 Å². The number of rotatable bonds is 8. The molecule has 1 heterocycles. The Labute approximate surface area is 175 Å². The van der Waals surface area contributed by atoms with Crippen molar-refractivity contribution < 1.29 is 9.59 Å². The van der Waals surface area contributed by atoms with Crippen LogP contribution in [0.5, 0.6) is 0 Å². The second-order valence-corrected chi connectivity index (χ2v) is 8.71. The summed E-state index contributed by atoms with van der Waals surface area (Å²) < 4.78 is 0. The third kappa shape index (κ3) is 6.05. The zero-order valence-electron chi connectivity index (χ0n) is 18.1. The van der Waals surface area contributed by atoms with Gasteiger partial charge in [-0.05, 0) is 44.1 Å². The van der Waals surface area contributed by atoms with Crippen molar-refractivity contribution in [3.63, 3.8) is 0 Å². The number of hydrogen-bond acceptors (Lipinski definition) is 3. The molecule has 0 spiro atoms. The van der Waals surface area contributed by atoms with Gasteiger partial charge >= 0.3 is 0 Å². The lowest BCUT2D eigenvalue weighted by Crippen LogP contribution is -2.58. The van der Waals surface area contributed by atoms with Gasteiger partial charge in [0, 0.05) is 38.6 Å². The van der Waals surface area contributed by atoms with Gasteiger partial charge in [-0.2, -0.15) is 0 Å². The Morgan fingerprint density at radius 1 is 1.07 bits per heavy atom. The van der Waals surface area contributed by atoms with Gasteiger partial charge in [-0.3, -0.25) is 14.5 Å². The number of carbonyl (C=O) groups is 2. The molecule has 5 nitrogen and oxygen atoms in total. The summed E-state index contributed by atoms with van der Waals surface area (Å²) in [4.78, 5) is 30.0. The van der Waals surface area contributed by atoms with E-state index < -0.39 is 0 Å². The summed E-state index contributed by atoms with van der Waals surface area (Å²) in [6, 6.07) is 10.4. The number of amides is 2. The first-order valence-electron chi connectivity index (χ1n) is 11.4. The second-order valence-electron chi connectivity index (χ2n) is 8.71. The molecule has 1 saturated heterocycles. The van der Waals surface area contributed by atoms with Crippen LogP contribution in [0.25, 0.3) is 0 Å². The molecule has 2 atom stereocenters. The molecule has 160 valence electrons. The van der Waals surface area contributed by atoms with Crippen molar-refractivity contribution in [2.24, 2.45) is 5.92 Å². The summed E-state index contributed by atoms with van der Waals surface area (Å²) in [6.45, 7) is 7.24. The van der Waals surface area contributed by atoms with Crippen LogP contribution in [0.15, 0.2) is 30.3 Å². The van der Waals surface area contributed by atoms with Gasteiger partial charge in [0.05, 0.1) is 6.04 Å². The molecule has 1 N–H and O–H groups in total. The Balaban J connectivity index is 1.53. The summed E-state index contributed by atoms with van der Waals surface area (Å²) in [5.41, 5.74) is 1.21. The molecule has 3 rings (SSSR count). The summed E-state index contributed by atoms with van der Waals surface area (Å²) in [6.07, 6.45) is 7.06. The molecule has 1 aliphatic heterocycles. The van der Waals surface area contributed by atoms with Crippen molar-refractivity contribution in [1.82, 2.24) is 15.1 Å². The first-order chi connectivity index (χ1) is 14.1. The van der Waals surface area contributed by atoms with Crippen molar-refractivity contribution in [3.05, 3.63) is 35.9 Å². The third-order valence-corrected chi connectivity index (χ3v) is 6.65. The molecular weight excluding hydrogens is 362 g/mol. The summed E-state index contributed by atoms with van der Waals surface area (Å²) >= 11 is 0. The van der Waals surface area contributed by atoms with Gasteiger partial charge in [-0.15, -0.1) is 0 Å². The average molecular weight is 400 g/mol. The quantitative estimate of drug-likeness (QED) is 0.730. The molecule has 1 aromatic carbocycles. The lowest BCUT2D eigenvalue weighted by molar-refractivity contribution is -0.135. The predicted octanol–water partition coefficient (Wildman–Crippen LogP) is 3.24. The van der Waals surface area contributed by atoms with Crippen molar-refractivity contribution in [2.45, 2.75) is 70.9 Å². The summed E-state index contributed by atoms with van der Waals surface area (Å²) in [5.74, 6) is 0.879. The maximum atomic E-state index is 13.0. The minimum atomic E-state index is -0.0342. The molecule has 0 radical (unpaired) electrons. The molecule has 1 saturated carbocycles. The number of piperazine rings is 1. The molecule has 29 heavy (non-hydrogen) atoms. The Morgan fingerprint density at radius 3 is 2.34 bits per heavy atom. The number of carbonyl (C=O) groups excluding carboxylic acids is 2. The van der Waals surface area contributed by atoms with Crippen LogP contribution in [0.1, 0.15) is 57.9 Å². The summed E-state index contributed by atoms with van der Waals surface area (Å²) in [7, 11) is 0. The molecule has 2 amide bonds. The first-order valence-corrected chi connectivity index (χ1v) is 11.4. The van der Waals surface area contributed by atoms with E-state index >= 15 is 0 Å². The zero-order chi connectivity index (χ0) is 20.6. The Bertz CT molecular complexity index is 649. The number of nitrogens with zero attached hydrogens (tertiary/aromatic N) is 2. The van der Waals surface area contributed by atoms with Gasteiger partial charge in [0.2, 0.25) is 11.8 Å². The fraction of sp³-hybridized carbons (Fsp3) is 0.667. The van der Waals surface area contributed by atoms with Gasteiger partial charge < -0.3 is 10.2 Å². The van der Waals surface area contributed by atoms with E-state index in [1.807, 2.05) is 23.1 Å². The maximum absolute atomic E-state index is 13.0. The average Bonchev–Trinajstić information content (AvgIpc) is 3.27. The minimum absolute atomic E-state index is 0.0342. The SMILES string of the molecule is CC[C@H](C)NC(=O)[C@@H](C1CCCC1)N1CCN(C(=O)CCc2ccccc2)CC1. The Kier molecular flexibility index (Phi) is 8.10. The number of hydrogen-bond donors (Lipinski definition) is 1. The van der Waals surface area contributed by atoms with Crippen molar-refractivity contribution in [1.29, 1.82) is 0 Å². The van der Waals surface area contributed by atoms with Crippen LogP contribution in [0.4, 0.5) is 0 Å². The van der Waals surface area contributed by atoms with E-state index in [-0.39, 0.29) is 23.9 Å². The highest BCUT2D eigenvalue weighted by Crippen LogP contribution is 2.31. The van der Waals surface area contributed by atoms with Gasteiger partial charge in [0.1, 0.15) is 0 Å². The Hall–Kier alpha value is -1.88. The highest BCUT2D eigenvalue weighted by molar-refractivity contribution is 5.82. The zero-order valence-corrected chi connectivity index (χ0v) is 18.1. The van der Waals surface area contributed by atoms with Crippen LogP contribution in [0.2, 0.25) is 0 Å². The summed E-state index contributed by atoms with van der Waals surface area (Å²) in [5, 5.41) is 3.22. The molecule has 0 unspecified atom stereocenters. The van der Waals surface area contributed by atoms with Gasteiger partial charge in [-0.25, -0.2) is 0 Å². The van der Waals surface area contributed by atoms with Crippen LogP contribution < -0.4 is 5.32 Å². The lowest BCUT2D eigenvalue weighted by Gasteiger charge is -2.41. The molecule has 1 aliphatic carbocycles. The predicted molar refractivity (Wildman–Crippen MR) is 117 cm³/mol. The highest BCUT2D eigenvalue weighted by Gasteiger charge is 2.37. The lowest BCUT2D eigenvalue weighted by atomic mass is 9.94. The standard InChI is InChI=1S/C24H37N3O2/c1-3-19(2)25-24(29)23(21-11-7-8-12-21)27-17-15-26(16-18-27)22(28)14-13-20-9-5-4-6-10-20/h4-6,9-10,19,21,23H,3,7-8,11-18H2,1-2H3,(H,25,29)/t19-,23+/m0/s1. The van der Waals surface area contributed by atoms with Crippen molar-refractivity contribution in [2.75, 3.05) is 26.2 Å². The van der Waals surface area contributed by atoms with E-state index in [0.29, 0.717) is 12.3 Å². The minimum Gasteiger partial charge on any atom is -0.352 e. The maximum Gasteiger partial charge on any atom is 0.237 e. The van der Waals surface area contributed by atoms with Crippen molar-refractivity contribution >= 4 is 11.8 Å². The second kappa shape index (κ2) is 10.8. The third-order valence-electron chi connectivity index (χ3n) is 6.65. The van der Waals surface area contributed by atoms with Crippen molar-refractivity contribution in [3.8, 4) is 0 Å². The van der Waals surface area contributed by atoms with Crippen LogP contribution in [0, 0.1) is 5.92 Å². The molecule has 0 bridgehead atoms. The fourth-order valence-corrected chi connectivity index (χ4v) is 4.69. The first kappa shape index (κ1) is 21.8. The van der Waals surface area contributed by atoms with Crippen LogP contribution in [-0.4, -0.2) is 59.9 Å². The topological polar surface area (TPSA) is 52.7 Å². The van der Waals surface area contributed by atoms with E-state index in [1.54, 1.807) is 0 Å². The van der Waals surface area contributed by atoms with Crippen LogP contribution in [-0.2, 0) is 16.0 Å². The molecular formula is C24H37N3O2. The number of aryl methyl sites for hydroxylation is 1. The van der Waals surface area contributed by atoms with Gasteiger partial charge in [0.15, 0.2) is 0 Å². The van der Waals surface area contributed by atoms with E-state index in [4.69, 9.17) is 0 Å². The smallest absolute Gasteiger partial charge is 0.237 e. The largest absolute Gasteiger partial charge is 0.352 e. The van der Waals surface area contributed by atoms with Gasteiger partial charge in [0.25, 0.3) is 0 Å².